The van der Waals surface area contributed by atoms with Gasteiger partial charge in [-0.3, -0.25) is 0 Å². The number of benzene rings is 2. The van der Waals surface area contributed by atoms with Crippen molar-refractivity contribution >= 4 is 12.2 Å². The molecule has 0 amide bonds. The molecule has 2 atom stereocenters. The number of nitrogens with two attached hydrogens (primary N) is 2. The van der Waals surface area contributed by atoms with Crippen LogP contribution in [0.15, 0.2) is 71.8 Å². The van der Waals surface area contributed by atoms with Gasteiger partial charge in [0.25, 0.3) is 0 Å². The van der Waals surface area contributed by atoms with Crippen LogP contribution in [0.25, 0.3) is 12.2 Å². The molecule has 1 fully saturated rings. The topological polar surface area (TPSA) is 52.0 Å². The summed E-state index contributed by atoms with van der Waals surface area (Å²) in [6.07, 6.45) is 6.33. The quantitative estimate of drug-likeness (QED) is 0.888. The molecule has 1 saturated carbocycles. The van der Waals surface area contributed by atoms with Gasteiger partial charge < -0.3 is 11.5 Å². The molecule has 0 aliphatic heterocycles. The van der Waals surface area contributed by atoms with Crippen LogP contribution in [0.3, 0.4) is 0 Å². The Bertz CT molecular complexity index is 671. The van der Waals surface area contributed by atoms with Gasteiger partial charge in [0.05, 0.1) is 0 Å². The van der Waals surface area contributed by atoms with Gasteiger partial charge in [-0.05, 0) is 41.2 Å². The van der Waals surface area contributed by atoms with E-state index >= 15 is 0 Å². The first kappa shape index (κ1) is 14.8. The average Bonchev–Trinajstić information content (AvgIpc) is 2.56. The van der Waals surface area contributed by atoms with Gasteiger partial charge in [0.2, 0.25) is 0 Å². The molecular weight excluding hydrogens is 268 g/mol. The molecule has 112 valence electrons. The highest BCUT2D eigenvalue weighted by atomic mass is 14.8. The van der Waals surface area contributed by atoms with E-state index in [1.165, 1.54) is 16.7 Å². The maximum absolute atomic E-state index is 6.38. The summed E-state index contributed by atoms with van der Waals surface area (Å²) in [4.78, 5) is 0. The van der Waals surface area contributed by atoms with Gasteiger partial charge in [-0.15, -0.1) is 0 Å². The first-order chi connectivity index (χ1) is 10.7. The summed E-state index contributed by atoms with van der Waals surface area (Å²) in [5, 5.41) is 0. The maximum Gasteiger partial charge on any atom is 0.0451 e. The van der Waals surface area contributed by atoms with Gasteiger partial charge in [-0.25, -0.2) is 0 Å². The van der Waals surface area contributed by atoms with Crippen molar-refractivity contribution in [3.63, 3.8) is 0 Å². The third-order valence-corrected chi connectivity index (χ3v) is 4.20. The van der Waals surface area contributed by atoms with Crippen molar-refractivity contribution in [1.29, 1.82) is 0 Å². The molecule has 2 aromatic carbocycles. The molecule has 22 heavy (non-hydrogen) atoms. The van der Waals surface area contributed by atoms with Gasteiger partial charge in [0.15, 0.2) is 0 Å². The largest absolute Gasteiger partial charge is 0.326 e. The van der Waals surface area contributed by atoms with Crippen molar-refractivity contribution < 1.29 is 0 Å². The Balaban J connectivity index is 2.00. The Hall–Kier alpha value is -2.16. The minimum Gasteiger partial charge on any atom is -0.326 e. The minimum absolute atomic E-state index is 0.0304. The summed E-state index contributed by atoms with van der Waals surface area (Å²) in [6.45, 7) is 0. The molecule has 2 aromatic rings. The summed E-state index contributed by atoms with van der Waals surface area (Å²) in [7, 11) is 0. The van der Waals surface area contributed by atoms with Crippen molar-refractivity contribution in [2.24, 2.45) is 11.5 Å². The SMILES string of the molecule is N[C@@H]1CCC(=Cc2ccccc2)C(=Cc2ccccc2)[C@H]1N. The van der Waals surface area contributed by atoms with E-state index in [1.807, 2.05) is 24.3 Å². The summed E-state index contributed by atoms with van der Waals surface area (Å²) in [5.74, 6) is 0. The molecular formula is C20H22N2. The van der Waals surface area contributed by atoms with E-state index in [9.17, 15) is 0 Å². The summed E-state index contributed by atoms with van der Waals surface area (Å²) in [6, 6.07) is 20.6. The second-order valence-corrected chi connectivity index (χ2v) is 5.82. The Morgan fingerprint density at radius 1 is 0.773 bits per heavy atom. The van der Waals surface area contributed by atoms with Crippen LogP contribution in [0.4, 0.5) is 0 Å². The van der Waals surface area contributed by atoms with Crippen molar-refractivity contribution in [2.75, 3.05) is 0 Å². The predicted molar refractivity (Wildman–Crippen MR) is 94.0 cm³/mol. The second kappa shape index (κ2) is 6.73. The first-order valence-electron chi connectivity index (χ1n) is 7.78. The third-order valence-electron chi connectivity index (χ3n) is 4.20. The lowest BCUT2D eigenvalue weighted by Crippen LogP contribution is -2.45. The molecule has 0 bridgehead atoms. The molecule has 0 aromatic heterocycles. The lowest BCUT2D eigenvalue weighted by molar-refractivity contribution is 0.511. The molecule has 0 radical (unpaired) electrons. The molecule has 2 heteroatoms. The van der Waals surface area contributed by atoms with E-state index in [0.717, 1.165) is 18.4 Å². The molecule has 2 nitrogen and oxygen atoms in total. The zero-order valence-electron chi connectivity index (χ0n) is 12.7. The fourth-order valence-electron chi connectivity index (χ4n) is 2.91. The minimum atomic E-state index is -0.107. The van der Waals surface area contributed by atoms with Crippen molar-refractivity contribution in [2.45, 2.75) is 24.9 Å². The maximum atomic E-state index is 6.38. The van der Waals surface area contributed by atoms with E-state index in [1.54, 1.807) is 0 Å². The Kier molecular flexibility index (Phi) is 4.52. The van der Waals surface area contributed by atoms with Crippen molar-refractivity contribution in [3.05, 3.63) is 82.9 Å². The number of hydrogen-bond acceptors (Lipinski definition) is 2. The molecule has 0 heterocycles. The van der Waals surface area contributed by atoms with Crippen molar-refractivity contribution in [1.82, 2.24) is 0 Å². The summed E-state index contributed by atoms with van der Waals surface area (Å²) in [5.41, 5.74) is 17.4. The van der Waals surface area contributed by atoms with E-state index in [2.05, 4.69) is 48.6 Å². The highest BCUT2D eigenvalue weighted by molar-refractivity contribution is 5.68. The van der Waals surface area contributed by atoms with Crippen LogP contribution in [0.1, 0.15) is 24.0 Å². The van der Waals surface area contributed by atoms with Crippen LogP contribution in [-0.2, 0) is 0 Å². The molecule has 1 aliphatic carbocycles. The van der Waals surface area contributed by atoms with Crippen LogP contribution >= 0.6 is 0 Å². The van der Waals surface area contributed by atoms with Crippen LogP contribution < -0.4 is 11.5 Å². The summed E-state index contributed by atoms with van der Waals surface area (Å²) < 4.78 is 0. The van der Waals surface area contributed by atoms with Gasteiger partial charge in [0, 0.05) is 12.1 Å². The molecule has 4 N–H and O–H groups in total. The second-order valence-electron chi connectivity index (χ2n) is 5.82. The fraction of sp³-hybridized carbons (Fsp3) is 0.200. The molecule has 3 rings (SSSR count). The van der Waals surface area contributed by atoms with Gasteiger partial charge >= 0.3 is 0 Å². The Morgan fingerprint density at radius 3 is 1.91 bits per heavy atom. The first-order valence-corrected chi connectivity index (χ1v) is 7.78. The lowest BCUT2D eigenvalue weighted by Gasteiger charge is -2.31. The number of rotatable bonds is 2. The van der Waals surface area contributed by atoms with Gasteiger partial charge in [-0.2, -0.15) is 0 Å². The Labute approximate surface area is 132 Å². The molecule has 1 aliphatic rings. The van der Waals surface area contributed by atoms with Gasteiger partial charge in [0.1, 0.15) is 0 Å². The van der Waals surface area contributed by atoms with Crippen LogP contribution in [0.5, 0.6) is 0 Å². The van der Waals surface area contributed by atoms with E-state index in [4.69, 9.17) is 11.5 Å². The average molecular weight is 290 g/mol. The number of hydrogen-bond donors (Lipinski definition) is 2. The van der Waals surface area contributed by atoms with Gasteiger partial charge in [-0.1, -0.05) is 66.7 Å². The highest BCUT2D eigenvalue weighted by Crippen LogP contribution is 2.31. The third kappa shape index (κ3) is 3.35. The zero-order valence-corrected chi connectivity index (χ0v) is 12.7. The van der Waals surface area contributed by atoms with E-state index in [0.29, 0.717) is 0 Å². The van der Waals surface area contributed by atoms with Crippen LogP contribution in [0.2, 0.25) is 0 Å². The lowest BCUT2D eigenvalue weighted by atomic mass is 9.81. The molecule has 0 saturated heterocycles. The molecule has 0 unspecified atom stereocenters. The van der Waals surface area contributed by atoms with Crippen LogP contribution in [0, 0.1) is 0 Å². The van der Waals surface area contributed by atoms with Crippen LogP contribution in [-0.4, -0.2) is 12.1 Å². The summed E-state index contributed by atoms with van der Waals surface area (Å²) >= 11 is 0. The van der Waals surface area contributed by atoms with Crippen molar-refractivity contribution in [3.8, 4) is 0 Å². The fourth-order valence-corrected chi connectivity index (χ4v) is 2.91. The normalized spacial score (nSPS) is 25.5. The Morgan fingerprint density at radius 2 is 1.32 bits per heavy atom. The standard InChI is InChI=1S/C20H22N2/c21-19-12-11-17(13-15-7-3-1-4-8-15)18(20(19)22)14-16-9-5-2-6-10-16/h1-10,13-14,19-20H,11-12,21-22H2/t19-,20-/m1/s1. The monoisotopic (exact) mass is 290 g/mol. The zero-order chi connectivity index (χ0) is 15.4. The van der Waals surface area contributed by atoms with E-state index < -0.39 is 0 Å². The van der Waals surface area contributed by atoms with E-state index in [-0.39, 0.29) is 12.1 Å². The smallest absolute Gasteiger partial charge is 0.0451 e. The highest BCUT2D eigenvalue weighted by Gasteiger charge is 2.26. The molecule has 0 spiro atoms. The predicted octanol–water partition coefficient (Wildman–Crippen LogP) is 3.60.